The summed E-state index contributed by atoms with van der Waals surface area (Å²) >= 11 is 11.5. The quantitative estimate of drug-likeness (QED) is 0.681. The molecule has 0 N–H and O–H groups in total. The van der Waals surface area contributed by atoms with Gasteiger partial charge in [-0.25, -0.2) is 0 Å². The monoisotopic (exact) mass is 265 g/mol. The van der Waals surface area contributed by atoms with Gasteiger partial charge in [-0.05, 0) is 18.2 Å². The fourth-order valence-electron chi connectivity index (χ4n) is 1.31. The van der Waals surface area contributed by atoms with Gasteiger partial charge in [-0.15, -0.1) is 0 Å². The molecule has 0 saturated carbocycles. The largest absolute Gasteiger partial charge is 0.416 e. The summed E-state index contributed by atoms with van der Waals surface area (Å²) in [5, 5.41) is 0.412. The lowest BCUT2D eigenvalue weighted by atomic mass is 10.1. The smallest absolute Gasteiger partial charge is 0.255 e. The maximum Gasteiger partial charge on any atom is 0.416 e. The standard InChI is InChI=1S/C10H4Cl2F3N/c11-7-4-16-8-2-1-5(10(13,14)15)3-6(8)9(7)12/h1-4H. The molecule has 16 heavy (non-hydrogen) atoms. The SMILES string of the molecule is FC(F)(F)c1ccc2ncc(Cl)c(Cl)c2c1. The molecule has 0 aliphatic carbocycles. The van der Waals surface area contributed by atoms with Crippen LogP contribution in [0.1, 0.15) is 5.56 Å². The van der Waals surface area contributed by atoms with Gasteiger partial charge in [-0.3, -0.25) is 4.98 Å². The van der Waals surface area contributed by atoms with Crippen LogP contribution < -0.4 is 0 Å². The van der Waals surface area contributed by atoms with Crippen molar-refractivity contribution in [2.45, 2.75) is 6.18 Å². The third kappa shape index (κ3) is 1.95. The van der Waals surface area contributed by atoms with E-state index < -0.39 is 11.7 Å². The van der Waals surface area contributed by atoms with Crippen LogP contribution in [-0.4, -0.2) is 4.98 Å². The van der Waals surface area contributed by atoms with Crippen LogP contribution in [0.2, 0.25) is 10.0 Å². The number of rotatable bonds is 0. The minimum atomic E-state index is -4.40. The van der Waals surface area contributed by atoms with Crippen LogP contribution in [0.4, 0.5) is 13.2 Å². The molecule has 1 heterocycles. The van der Waals surface area contributed by atoms with Crippen molar-refractivity contribution in [3.63, 3.8) is 0 Å². The molecule has 0 fully saturated rings. The zero-order chi connectivity index (χ0) is 11.9. The van der Waals surface area contributed by atoms with Gasteiger partial charge in [0.1, 0.15) is 0 Å². The summed E-state index contributed by atoms with van der Waals surface area (Å²) in [6.45, 7) is 0. The van der Waals surface area contributed by atoms with E-state index >= 15 is 0 Å². The Hall–Kier alpha value is -1.000. The summed E-state index contributed by atoms with van der Waals surface area (Å²) < 4.78 is 37.4. The first-order valence-corrected chi connectivity index (χ1v) is 4.96. The molecule has 0 aliphatic rings. The molecule has 2 rings (SSSR count). The summed E-state index contributed by atoms with van der Waals surface area (Å²) in [4.78, 5) is 3.88. The van der Waals surface area contributed by atoms with Gasteiger partial charge < -0.3 is 0 Å². The van der Waals surface area contributed by atoms with Crippen molar-refractivity contribution < 1.29 is 13.2 Å². The van der Waals surface area contributed by atoms with Crippen LogP contribution >= 0.6 is 23.2 Å². The van der Waals surface area contributed by atoms with Gasteiger partial charge in [0.15, 0.2) is 0 Å². The van der Waals surface area contributed by atoms with E-state index in [1.54, 1.807) is 0 Å². The van der Waals surface area contributed by atoms with E-state index in [1.807, 2.05) is 0 Å². The second kappa shape index (κ2) is 3.79. The number of pyridine rings is 1. The zero-order valence-electron chi connectivity index (χ0n) is 7.65. The van der Waals surface area contributed by atoms with Gasteiger partial charge in [0.2, 0.25) is 0 Å². The molecule has 1 nitrogen and oxygen atoms in total. The lowest BCUT2D eigenvalue weighted by molar-refractivity contribution is -0.137. The Balaban J connectivity index is 2.74. The minimum absolute atomic E-state index is 0.0813. The molecule has 0 spiro atoms. The summed E-state index contributed by atoms with van der Waals surface area (Å²) in [6, 6.07) is 3.16. The predicted octanol–water partition coefficient (Wildman–Crippen LogP) is 4.56. The van der Waals surface area contributed by atoms with Gasteiger partial charge >= 0.3 is 6.18 Å². The van der Waals surface area contributed by atoms with E-state index in [0.29, 0.717) is 5.52 Å². The molecule has 0 radical (unpaired) electrons. The molecule has 0 aliphatic heterocycles. The molecular weight excluding hydrogens is 262 g/mol. The maximum absolute atomic E-state index is 12.5. The highest BCUT2D eigenvalue weighted by atomic mass is 35.5. The lowest BCUT2D eigenvalue weighted by Crippen LogP contribution is -2.04. The fourth-order valence-corrected chi connectivity index (χ4v) is 1.66. The maximum atomic E-state index is 12.5. The van der Waals surface area contributed by atoms with E-state index in [1.165, 1.54) is 12.3 Å². The average Bonchev–Trinajstić information content (AvgIpc) is 2.22. The van der Waals surface area contributed by atoms with E-state index in [2.05, 4.69) is 4.98 Å². The van der Waals surface area contributed by atoms with Crippen molar-refractivity contribution in [1.29, 1.82) is 0 Å². The van der Waals surface area contributed by atoms with Crippen LogP contribution in [0.3, 0.4) is 0 Å². The van der Waals surface area contributed by atoms with Crippen molar-refractivity contribution in [1.82, 2.24) is 4.98 Å². The number of fused-ring (bicyclic) bond motifs is 1. The summed E-state index contributed by atoms with van der Waals surface area (Å²) in [7, 11) is 0. The van der Waals surface area contributed by atoms with Crippen LogP contribution in [-0.2, 0) is 6.18 Å². The van der Waals surface area contributed by atoms with Crippen molar-refractivity contribution in [3.05, 3.63) is 40.0 Å². The van der Waals surface area contributed by atoms with E-state index in [9.17, 15) is 13.2 Å². The van der Waals surface area contributed by atoms with Crippen LogP contribution in [0.25, 0.3) is 10.9 Å². The number of hydrogen-bond donors (Lipinski definition) is 0. The topological polar surface area (TPSA) is 12.9 Å². The Bertz CT molecular complexity index is 551. The first kappa shape index (κ1) is 11.5. The van der Waals surface area contributed by atoms with E-state index in [0.717, 1.165) is 12.1 Å². The number of nitrogens with zero attached hydrogens (tertiary/aromatic N) is 1. The lowest BCUT2D eigenvalue weighted by Gasteiger charge is -2.08. The highest BCUT2D eigenvalue weighted by molar-refractivity contribution is 6.45. The Labute approximate surface area is 98.8 Å². The van der Waals surface area contributed by atoms with E-state index in [-0.39, 0.29) is 15.4 Å². The number of halogens is 5. The van der Waals surface area contributed by atoms with Gasteiger partial charge in [-0.2, -0.15) is 13.2 Å². The molecule has 2 aromatic rings. The van der Waals surface area contributed by atoms with Gasteiger partial charge in [0.05, 0.1) is 21.1 Å². The molecule has 6 heteroatoms. The Morgan fingerprint density at radius 3 is 2.44 bits per heavy atom. The van der Waals surface area contributed by atoms with Crippen LogP contribution in [0.15, 0.2) is 24.4 Å². The molecule has 0 saturated heterocycles. The van der Waals surface area contributed by atoms with Gasteiger partial charge in [0, 0.05) is 11.6 Å². The number of aromatic nitrogens is 1. The van der Waals surface area contributed by atoms with Gasteiger partial charge in [0.25, 0.3) is 0 Å². The first-order valence-electron chi connectivity index (χ1n) is 4.20. The molecule has 1 aromatic carbocycles. The second-order valence-corrected chi connectivity index (χ2v) is 3.93. The summed E-state index contributed by atoms with van der Waals surface area (Å²) in [5.74, 6) is 0. The highest BCUT2D eigenvalue weighted by Gasteiger charge is 2.30. The molecule has 0 unspecified atom stereocenters. The minimum Gasteiger partial charge on any atom is -0.255 e. The summed E-state index contributed by atoms with van der Waals surface area (Å²) in [6.07, 6.45) is -3.10. The summed E-state index contributed by atoms with van der Waals surface area (Å²) in [5.41, 5.74) is -0.395. The van der Waals surface area contributed by atoms with E-state index in [4.69, 9.17) is 23.2 Å². The fraction of sp³-hybridized carbons (Fsp3) is 0.100. The number of hydrogen-bond acceptors (Lipinski definition) is 1. The Morgan fingerprint density at radius 1 is 1.12 bits per heavy atom. The third-order valence-electron chi connectivity index (χ3n) is 2.09. The normalized spacial score (nSPS) is 12.1. The van der Waals surface area contributed by atoms with Crippen molar-refractivity contribution in [3.8, 4) is 0 Å². The molecular formula is C10H4Cl2F3N. The molecule has 0 bridgehead atoms. The number of benzene rings is 1. The van der Waals surface area contributed by atoms with Crippen LogP contribution in [0.5, 0.6) is 0 Å². The van der Waals surface area contributed by atoms with Crippen molar-refractivity contribution in [2.24, 2.45) is 0 Å². The first-order chi connectivity index (χ1) is 7.39. The second-order valence-electron chi connectivity index (χ2n) is 3.15. The molecule has 1 aromatic heterocycles. The highest BCUT2D eigenvalue weighted by Crippen LogP contribution is 2.35. The molecule has 84 valence electrons. The Morgan fingerprint density at radius 2 is 1.81 bits per heavy atom. The van der Waals surface area contributed by atoms with Crippen molar-refractivity contribution >= 4 is 34.1 Å². The number of alkyl halides is 3. The Kier molecular flexibility index (Phi) is 2.72. The average molecular weight is 266 g/mol. The van der Waals surface area contributed by atoms with Crippen molar-refractivity contribution in [2.75, 3.05) is 0 Å². The van der Waals surface area contributed by atoms with Gasteiger partial charge in [-0.1, -0.05) is 23.2 Å². The zero-order valence-corrected chi connectivity index (χ0v) is 9.16. The molecule has 0 atom stereocenters. The third-order valence-corrected chi connectivity index (χ3v) is 2.88. The predicted molar refractivity (Wildman–Crippen MR) is 56.8 cm³/mol. The molecule has 0 amide bonds. The van der Waals surface area contributed by atoms with Crippen LogP contribution in [0, 0.1) is 0 Å².